The Hall–Kier alpha value is -2.53. The number of carbonyl (C=O) groups excluding carboxylic acids is 1. The van der Waals surface area contributed by atoms with Crippen molar-refractivity contribution in [1.82, 2.24) is 0 Å². The fraction of sp³-hybridized carbons (Fsp3) is 0.500. The van der Waals surface area contributed by atoms with Gasteiger partial charge < -0.3 is 19.3 Å². The molecule has 0 saturated carbocycles. The van der Waals surface area contributed by atoms with Gasteiger partial charge in [-0.2, -0.15) is 0 Å². The molecule has 2 aromatic rings. The van der Waals surface area contributed by atoms with Gasteiger partial charge in [0.15, 0.2) is 0 Å². The largest absolute Gasteiger partial charge is 0.490 e. The lowest BCUT2D eigenvalue weighted by atomic mass is 10.1. The van der Waals surface area contributed by atoms with Crippen molar-refractivity contribution < 1.29 is 24.1 Å². The highest BCUT2D eigenvalue weighted by Crippen LogP contribution is 2.21. The quantitative estimate of drug-likeness (QED) is 0.265. The molecule has 0 unspecified atom stereocenters. The summed E-state index contributed by atoms with van der Waals surface area (Å²) in [7, 11) is 0. The van der Waals surface area contributed by atoms with Gasteiger partial charge in [-0.1, -0.05) is 70.1 Å². The van der Waals surface area contributed by atoms with E-state index in [1.807, 2.05) is 30.3 Å². The second-order valence-corrected chi connectivity index (χ2v) is 7.60. The van der Waals surface area contributed by atoms with Crippen LogP contribution in [-0.4, -0.2) is 30.9 Å². The number of carbonyl (C=O) groups is 1. The van der Waals surface area contributed by atoms with Crippen LogP contribution in [0.2, 0.25) is 0 Å². The Morgan fingerprint density at radius 1 is 0.806 bits per heavy atom. The van der Waals surface area contributed by atoms with Gasteiger partial charge in [0, 0.05) is 5.56 Å². The van der Waals surface area contributed by atoms with Crippen LogP contribution in [0.1, 0.15) is 74.2 Å². The van der Waals surface area contributed by atoms with Crippen molar-refractivity contribution >= 4 is 5.97 Å². The first-order valence-electron chi connectivity index (χ1n) is 11.5. The minimum Gasteiger partial charge on any atom is -0.490 e. The lowest BCUT2D eigenvalue weighted by Gasteiger charge is -2.12. The molecule has 0 aliphatic carbocycles. The molecule has 1 N–H and O–H groups in total. The summed E-state index contributed by atoms with van der Waals surface area (Å²) in [6, 6.07) is 14.5. The second kappa shape index (κ2) is 15.3. The molecule has 0 aliphatic rings. The van der Waals surface area contributed by atoms with Crippen LogP contribution in [-0.2, 0) is 11.3 Å². The fourth-order valence-corrected chi connectivity index (χ4v) is 3.28. The van der Waals surface area contributed by atoms with Crippen molar-refractivity contribution in [3.05, 3.63) is 59.7 Å². The molecule has 170 valence electrons. The van der Waals surface area contributed by atoms with Gasteiger partial charge in [0.05, 0.1) is 18.8 Å². The van der Waals surface area contributed by atoms with Gasteiger partial charge in [-0.25, -0.2) is 4.79 Å². The average Bonchev–Trinajstić information content (AvgIpc) is 2.81. The Labute approximate surface area is 186 Å². The maximum atomic E-state index is 12.3. The summed E-state index contributed by atoms with van der Waals surface area (Å²) < 4.78 is 16.7. The maximum absolute atomic E-state index is 12.3. The SMILES string of the molecule is CCCCCCCCCCOC(=O)c1ccc(OCCOc2ccccc2)c(CO)c1. The van der Waals surface area contributed by atoms with Gasteiger partial charge in [0.2, 0.25) is 0 Å². The molecule has 0 fully saturated rings. The van der Waals surface area contributed by atoms with Gasteiger partial charge in [0.25, 0.3) is 0 Å². The van der Waals surface area contributed by atoms with Crippen LogP contribution >= 0.6 is 0 Å². The first-order chi connectivity index (χ1) is 15.2. The van der Waals surface area contributed by atoms with Crippen molar-refractivity contribution in [3.8, 4) is 11.5 Å². The lowest BCUT2D eigenvalue weighted by Crippen LogP contribution is -2.11. The fourth-order valence-electron chi connectivity index (χ4n) is 3.28. The van der Waals surface area contributed by atoms with Crippen LogP contribution in [0.5, 0.6) is 11.5 Å². The number of aliphatic hydroxyl groups is 1. The van der Waals surface area contributed by atoms with E-state index in [2.05, 4.69) is 6.92 Å². The highest BCUT2D eigenvalue weighted by molar-refractivity contribution is 5.89. The third-order valence-corrected chi connectivity index (χ3v) is 5.05. The Kier molecular flexibility index (Phi) is 12.2. The zero-order valence-electron chi connectivity index (χ0n) is 18.7. The number of hydrogen-bond donors (Lipinski definition) is 1. The monoisotopic (exact) mass is 428 g/mol. The Balaban J connectivity index is 1.67. The van der Waals surface area contributed by atoms with Crippen LogP contribution in [0.3, 0.4) is 0 Å². The van der Waals surface area contributed by atoms with Crippen molar-refractivity contribution in [3.63, 3.8) is 0 Å². The third-order valence-electron chi connectivity index (χ3n) is 5.05. The Morgan fingerprint density at radius 3 is 2.19 bits per heavy atom. The number of hydrogen-bond acceptors (Lipinski definition) is 5. The van der Waals surface area contributed by atoms with Gasteiger partial charge in [0.1, 0.15) is 24.7 Å². The van der Waals surface area contributed by atoms with E-state index in [0.717, 1.165) is 18.6 Å². The maximum Gasteiger partial charge on any atom is 0.338 e. The standard InChI is InChI=1S/C26H36O5/c1-2-3-4-5-6-7-8-12-17-31-26(28)22-15-16-25(23(20-22)21-27)30-19-18-29-24-13-10-9-11-14-24/h9-11,13-16,20,27H,2-8,12,17-19,21H2,1H3. The van der Waals surface area contributed by atoms with E-state index in [9.17, 15) is 9.90 Å². The summed E-state index contributed by atoms with van der Waals surface area (Å²) in [5.41, 5.74) is 0.984. The van der Waals surface area contributed by atoms with Crippen LogP contribution < -0.4 is 9.47 Å². The smallest absolute Gasteiger partial charge is 0.338 e. The molecule has 0 amide bonds. The molecule has 2 rings (SSSR count). The molecule has 5 heteroatoms. The second-order valence-electron chi connectivity index (χ2n) is 7.60. The van der Waals surface area contributed by atoms with E-state index in [-0.39, 0.29) is 12.6 Å². The summed E-state index contributed by atoms with van der Waals surface area (Å²) in [6.45, 7) is 3.16. The van der Waals surface area contributed by atoms with E-state index >= 15 is 0 Å². The van der Waals surface area contributed by atoms with Crippen molar-refractivity contribution in [2.45, 2.75) is 64.9 Å². The number of unbranched alkanes of at least 4 members (excludes halogenated alkanes) is 7. The van der Waals surface area contributed by atoms with E-state index in [1.54, 1.807) is 18.2 Å². The predicted octanol–water partition coefficient (Wildman–Crippen LogP) is 5.93. The number of esters is 1. The van der Waals surface area contributed by atoms with Crippen molar-refractivity contribution in [2.75, 3.05) is 19.8 Å². The van der Waals surface area contributed by atoms with Gasteiger partial charge >= 0.3 is 5.97 Å². The van der Waals surface area contributed by atoms with E-state index in [4.69, 9.17) is 14.2 Å². The average molecular weight is 429 g/mol. The normalized spacial score (nSPS) is 10.6. The van der Waals surface area contributed by atoms with Gasteiger partial charge in [-0.05, 0) is 36.8 Å². The number of benzene rings is 2. The molecule has 0 aromatic heterocycles. The molecule has 2 aromatic carbocycles. The van der Waals surface area contributed by atoms with Crippen LogP contribution in [0.15, 0.2) is 48.5 Å². The summed E-state index contributed by atoms with van der Waals surface area (Å²) in [6.07, 6.45) is 9.61. The van der Waals surface area contributed by atoms with Crippen LogP contribution in [0.4, 0.5) is 0 Å². The molecular weight excluding hydrogens is 392 g/mol. The molecule has 0 aliphatic heterocycles. The third kappa shape index (κ3) is 9.88. The molecule has 0 spiro atoms. The number of para-hydroxylation sites is 1. The number of rotatable bonds is 16. The highest BCUT2D eigenvalue weighted by atomic mass is 16.5. The number of aliphatic hydroxyl groups excluding tert-OH is 1. The zero-order chi connectivity index (χ0) is 22.2. The minimum absolute atomic E-state index is 0.214. The summed E-state index contributed by atoms with van der Waals surface area (Å²) in [5, 5.41) is 9.65. The number of ether oxygens (including phenoxy) is 3. The summed E-state index contributed by atoms with van der Waals surface area (Å²) >= 11 is 0. The molecule has 5 nitrogen and oxygen atoms in total. The molecule has 0 saturated heterocycles. The Bertz CT molecular complexity index is 745. The lowest BCUT2D eigenvalue weighted by molar-refractivity contribution is 0.0497. The molecular formula is C26H36O5. The summed E-state index contributed by atoms with van der Waals surface area (Å²) in [5.74, 6) is 0.957. The van der Waals surface area contributed by atoms with Crippen LogP contribution in [0.25, 0.3) is 0 Å². The predicted molar refractivity (Wildman–Crippen MR) is 123 cm³/mol. The van der Waals surface area contributed by atoms with E-state index in [0.29, 0.717) is 36.7 Å². The van der Waals surface area contributed by atoms with Crippen molar-refractivity contribution in [2.24, 2.45) is 0 Å². The van der Waals surface area contributed by atoms with Crippen molar-refractivity contribution in [1.29, 1.82) is 0 Å². The first-order valence-corrected chi connectivity index (χ1v) is 11.5. The molecule has 0 radical (unpaired) electrons. The topological polar surface area (TPSA) is 65.0 Å². The van der Waals surface area contributed by atoms with Crippen LogP contribution in [0, 0.1) is 0 Å². The van der Waals surface area contributed by atoms with Gasteiger partial charge in [-0.3, -0.25) is 0 Å². The molecule has 0 heterocycles. The molecule has 0 atom stereocenters. The van der Waals surface area contributed by atoms with Gasteiger partial charge in [-0.15, -0.1) is 0 Å². The molecule has 31 heavy (non-hydrogen) atoms. The highest BCUT2D eigenvalue weighted by Gasteiger charge is 2.11. The first kappa shape index (κ1) is 24.7. The Morgan fingerprint density at radius 2 is 1.48 bits per heavy atom. The van der Waals surface area contributed by atoms with E-state index in [1.165, 1.54) is 38.5 Å². The summed E-state index contributed by atoms with van der Waals surface area (Å²) in [4.78, 5) is 12.3. The minimum atomic E-state index is -0.364. The zero-order valence-corrected chi connectivity index (χ0v) is 18.7. The van der Waals surface area contributed by atoms with E-state index < -0.39 is 0 Å². The molecule has 0 bridgehead atoms.